The van der Waals surface area contributed by atoms with E-state index in [-0.39, 0.29) is 16.9 Å². The molecule has 0 bridgehead atoms. The third-order valence-electron chi connectivity index (χ3n) is 3.62. The summed E-state index contributed by atoms with van der Waals surface area (Å²) in [5.74, 6) is -4.52. The molecule has 0 aliphatic heterocycles. The average Bonchev–Trinajstić information content (AvgIpc) is 2.96. The Morgan fingerprint density at radius 1 is 1.50 bits per heavy atom. The number of aromatic nitrogens is 1. The van der Waals surface area contributed by atoms with Crippen molar-refractivity contribution < 1.29 is 27.4 Å². The Morgan fingerprint density at radius 3 is 2.82 bits per heavy atom. The summed E-state index contributed by atoms with van der Waals surface area (Å²) in [4.78, 5) is 15.4. The van der Waals surface area contributed by atoms with Crippen LogP contribution in [-0.2, 0) is 15.5 Å². The fourth-order valence-corrected chi connectivity index (χ4v) is 2.63. The van der Waals surface area contributed by atoms with Crippen LogP contribution in [0.15, 0.2) is 12.3 Å². The first-order chi connectivity index (χ1) is 10.4. The summed E-state index contributed by atoms with van der Waals surface area (Å²) in [6.07, 6.45) is 2.36. The van der Waals surface area contributed by atoms with Crippen LogP contribution in [0.4, 0.5) is 13.2 Å². The molecule has 4 nitrogen and oxygen atoms in total. The van der Waals surface area contributed by atoms with Gasteiger partial charge in [-0.05, 0) is 25.3 Å². The second kappa shape index (κ2) is 6.73. The first kappa shape index (κ1) is 16.9. The molecule has 2 rings (SSSR count). The van der Waals surface area contributed by atoms with Gasteiger partial charge in [-0.15, -0.1) is 0 Å². The Balaban J connectivity index is 2.15. The van der Waals surface area contributed by atoms with Gasteiger partial charge in [-0.25, -0.2) is 9.37 Å². The summed E-state index contributed by atoms with van der Waals surface area (Å²) < 4.78 is 49.0. The van der Waals surface area contributed by atoms with Gasteiger partial charge in [-0.2, -0.15) is 8.78 Å². The molecule has 1 aliphatic rings. The fraction of sp³-hybridized carbons (Fsp3) is 0.571. The summed E-state index contributed by atoms with van der Waals surface area (Å²) in [7, 11) is 1.29. The second-order valence-electron chi connectivity index (χ2n) is 5.07. The topological polar surface area (TPSA) is 48.4 Å². The smallest absolute Gasteiger partial charge is 0.312 e. The number of ether oxygens (including phenoxy) is 2. The number of carbonyl (C=O) groups excluding carboxylic acids is 1. The maximum absolute atomic E-state index is 13.2. The molecule has 0 N–H and O–H groups in total. The lowest BCUT2D eigenvalue weighted by atomic mass is 10.1. The first-order valence-electron chi connectivity index (χ1n) is 6.73. The quantitative estimate of drug-likeness (QED) is 0.771. The van der Waals surface area contributed by atoms with E-state index in [0.717, 1.165) is 18.7 Å². The molecule has 0 aromatic carbocycles. The molecule has 0 radical (unpaired) electrons. The summed E-state index contributed by atoms with van der Waals surface area (Å²) >= 11 is 5.87. The van der Waals surface area contributed by atoms with Crippen LogP contribution in [0.3, 0.4) is 0 Å². The Morgan fingerprint density at radius 2 is 2.23 bits per heavy atom. The minimum Gasteiger partial charge on any atom is -0.472 e. The number of alkyl halides is 3. The number of carbonyl (C=O) groups is 1. The summed E-state index contributed by atoms with van der Waals surface area (Å²) in [6.45, 7) is -1.84. The minimum atomic E-state index is -3.64. The number of hydrogen-bond donors (Lipinski definition) is 0. The zero-order chi connectivity index (χ0) is 16.3. The van der Waals surface area contributed by atoms with Gasteiger partial charge in [0.1, 0.15) is 11.1 Å². The highest BCUT2D eigenvalue weighted by Crippen LogP contribution is 2.35. The van der Waals surface area contributed by atoms with E-state index in [9.17, 15) is 18.0 Å². The number of esters is 1. The Bertz CT molecular complexity index is 556. The van der Waals surface area contributed by atoms with E-state index in [1.165, 1.54) is 7.11 Å². The zero-order valence-corrected chi connectivity index (χ0v) is 12.6. The predicted octanol–water partition coefficient (Wildman–Crippen LogP) is 3.52. The van der Waals surface area contributed by atoms with Gasteiger partial charge in [0.15, 0.2) is 6.67 Å². The van der Waals surface area contributed by atoms with Crippen molar-refractivity contribution in [3.8, 4) is 5.88 Å². The van der Waals surface area contributed by atoms with Crippen molar-refractivity contribution in [1.29, 1.82) is 0 Å². The number of hydrogen-bond acceptors (Lipinski definition) is 4. The van der Waals surface area contributed by atoms with Gasteiger partial charge in [-0.1, -0.05) is 11.6 Å². The van der Waals surface area contributed by atoms with E-state index < -0.39 is 30.2 Å². The van der Waals surface area contributed by atoms with Crippen molar-refractivity contribution in [2.75, 3.05) is 13.8 Å². The summed E-state index contributed by atoms with van der Waals surface area (Å²) in [5, 5.41) is -0.152. The molecule has 0 saturated heterocycles. The Hall–Kier alpha value is -1.50. The van der Waals surface area contributed by atoms with Crippen molar-refractivity contribution in [1.82, 2.24) is 4.98 Å². The summed E-state index contributed by atoms with van der Waals surface area (Å²) in [6, 6.07) is 0.922. The van der Waals surface area contributed by atoms with Crippen molar-refractivity contribution in [3.63, 3.8) is 0 Å². The van der Waals surface area contributed by atoms with Gasteiger partial charge in [0.05, 0.1) is 13.0 Å². The number of rotatable bonds is 5. The molecule has 1 aromatic heterocycles. The first-order valence-corrected chi connectivity index (χ1v) is 7.11. The minimum absolute atomic E-state index is 0.0547. The van der Waals surface area contributed by atoms with E-state index in [4.69, 9.17) is 21.1 Å². The SMILES string of the molecule is COC(=O)[C@H]1CCC[C@H]1Oc1ncc(C(F)(F)CF)cc1Cl. The molecule has 1 fully saturated rings. The summed E-state index contributed by atoms with van der Waals surface area (Å²) in [5.41, 5.74) is -0.622. The normalized spacial score (nSPS) is 21.7. The zero-order valence-electron chi connectivity index (χ0n) is 11.8. The van der Waals surface area contributed by atoms with Gasteiger partial charge >= 0.3 is 11.9 Å². The molecular formula is C14H15ClF3NO3. The van der Waals surface area contributed by atoms with Crippen molar-refractivity contribution in [3.05, 3.63) is 22.8 Å². The molecular weight excluding hydrogens is 323 g/mol. The van der Waals surface area contributed by atoms with Crippen LogP contribution in [0.5, 0.6) is 5.88 Å². The van der Waals surface area contributed by atoms with Gasteiger partial charge in [0.25, 0.3) is 0 Å². The second-order valence-corrected chi connectivity index (χ2v) is 5.47. The Kier molecular flexibility index (Phi) is 5.16. The molecule has 122 valence electrons. The lowest BCUT2D eigenvalue weighted by Crippen LogP contribution is -2.29. The van der Waals surface area contributed by atoms with Crippen molar-refractivity contribution in [2.24, 2.45) is 5.92 Å². The molecule has 22 heavy (non-hydrogen) atoms. The fourth-order valence-electron chi connectivity index (χ4n) is 2.42. The highest BCUT2D eigenvalue weighted by atomic mass is 35.5. The van der Waals surface area contributed by atoms with E-state index >= 15 is 0 Å². The van der Waals surface area contributed by atoms with Gasteiger partial charge in [0.2, 0.25) is 5.88 Å². The van der Waals surface area contributed by atoms with Crippen molar-refractivity contribution >= 4 is 17.6 Å². The largest absolute Gasteiger partial charge is 0.472 e. The molecule has 0 unspecified atom stereocenters. The van der Waals surface area contributed by atoms with Gasteiger partial charge in [0, 0.05) is 11.8 Å². The van der Waals surface area contributed by atoms with Crippen LogP contribution in [0.2, 0.25) is 5.02 Å². The molecule has 2 atom stereocenters. The molecule has 0 spiro atoms. The number of halogens is 4. The molecule has 1 aliphatic carbocycles. The maximum atomic E-state index is 13.2. The third kappa shape index (κ3) is 3.45. The van der Waals surface area contributed by atoms with Gasteiger partial charge in [-0.3, -0.25) is 4.79 Å². The molecule has 8 heteroatoms. The molecule has 1 heterocycles. The monoisotopic (exact) mass is 337 g/mol. The van der Waals surface area contributed by atoms with Crippen LogP contribution in [0.25, 0.3) is 0 Å². The van der Waals surface area contributed by atoms with Crippen LogP contribution in [-0.4, -0.2) is 30.8 Å². The van der Waals surface area contributed by atoms with E-state index in [2.05, 4.69) is 4.98 Å². The lowest BCUT2D eigenvalue weighted by molar-refractivity contribution is -0.147. The van der Waals surface area contributed by atoms with E-state index in [1.54, 1.807) is 0 Å². The predicted molar refractivity (Wildman–Crippen MR) is 72.9 cm³/mol. The van der Waals surface area contributed by atoms with Crippen molar-refractivity contribution in [2.45, 2.75) is 31.3 Å². The molecule has 0 amide bonds. The number of pyridine rings is 1. The van der Waals surface area contributed by atoms with E-state index in [1.807, 2.05) is 0 Å². The highest BCUT2D eigenvalue weighted by Gasteiger charge is 2.37. The van der Waals surface area contributed by atoms with Crippen LogP contribution < -0.4 is 4.74 Å². The van der Waals surface area contributed by atoms with E-state index in [0.29, 0.717) is 12.8 Å². The maximum Gasteiger partial charge on any atom is 0.312 e. The van der Waals surface area contributed by atoms with Crippen LogP contribution >= 0.6 is 11.6 Å². The standard InChI is InChI=1S/C14H15ClF3NO3/c1-21-13(20)9-3-2-4-11(9)22-12-10(15)5-8(6-19-12)14(17,18)7-16/h5-6,9,11H,2-4,7H2,1H3/t9-,11+/m0/s1. The average molecular weight is 338 g/mol. The Labute approximate surface area is 130 Å². The number of methoxy groups -OCH3 is 1. The molecule has 1 saturated carbocycles. The third-order valence-corrected chi connectivity index (χ3v) is 3.89. The van der Waals surface area contributed by atoms with Gasteiger partial charge < -0.3 is 9.47 Å². The van der Waals surface area contributed by atoms with Crippen LogP contribution in [0.1, 0.15) is 24.8 Å². The van der Waals surface area contributed by atoms with Crippen LogP contribution in [0, 0.1) is 5.92 Å². The number of nitrogens with zero attached hydrogens (tertiary/aromatic N) is 1. The highest BCUT2D eigenvalue weighted by molar-refractivity contribution is 6.31. The molecule has 1 aromatic rings. The lowest BCUT2D eigenvalue weighted by Gasteiger charge is -2.20.